The third kappa shape index (κ3) is 4.13. The quantitative estimate of drug-likeness (QED) is 0.447. The summed E-state index contributed by atoms with van der Waals surface area (Å²) in [6, 6.07) is 11.0. The first-order valence-electron chi connectivity index (χ1n) is 11.4. The Morgan fingerprint density at radius 2 is 1.86 bits per heavy atom. The molecule has 0 radical (unpaired) electrons. The Bertz CT molecular complexity index is 1430. The van der Waals surface area contributed by atoms with Gasteiger partial charge in [-0.1, -0.05) is 12.1 Å². The number of rotatable bonds is 5. The summed E-state index contributed by atoms with van der Waals surface area (Å²) < 4.78 is 26.0. The summed E-state index contributed by atoms with van der Waals surface area (Å²) in [6.45, 7) is 1.61. The van der Waals surface area contributed by atoms with Crippen molar-refractivity contribution in [3.05, 3.63) is 75.6 Å². The van der Waals surface area contributed by atoms with Gasteiger partial charge in [-0.05, 0) is 53.1 Å². The predicted octanol–water partition coefficient (Wildman–Crippen LogP) is 1.98. The molecule has 0 spiro atoms. The first-order chi connectivity index (χ1) is 17.0. The van der Waals surface area contributed by atoms with Crippen molar-refractivity contribution in [3.8, 4) is 11.5 Å². The molecule has 1 saturated heterocycles. The molecule has 0 unspecified atom stereocenters. The normalized spacial score (nSPS) is 17.2. The highest BCUT2D eigenvalue weighted by molar-refractivity contribution is 5.83. The smallest absolute Gasteiger partial charge is 0.253 e. The zero-order valence-corrected chi connectivity index (χ0v) is 18.7. The van der Waals surface area contributed by atoms with Crippen molar-refractivity contribution in [2.75, 3.05) is 19.9 Å². The van der Waals surface area contributed by atoms with E-state index in [-0.39, 0.29) is 24.3 Å². The third-order valence-corrected chi connectivity index (χ3v) is 6.57. The number of halogens is 1. The van der Waals surface area contributed by atoms with Gasteiger partial charge in [-0.25, -0.2) is 9.07 Å². The molecule has 35 heavy (non-hydrogen) atoms. The molecule has 0 saturated carbocycles. The number of benzene rings is 2. The number of piperidine rings is 1. The number of fused-ring (bicyclic) bond motifs is 2. The summed E-state index contributed by atoms with van der Waals surface area (Å²) in [4.78, 5) is 18.4. The Balaban J connectivity index is 1.45. The number of ether oxygens (including phenoxy) is 2. The van der Waals surface area contributed by atoms with Gasteiger partial charge >= 0.3 is 0 Å². The van der Waals surface area contributed by atoms with Gasteiger partial charge in [0.15, 0.2) is 17.3 Å². The number of aliphatic hydroxyl groups excluding tert-OH is 1. The number of aromatic nitrogens is 5. The maximum atomic E-state index is 13.4. The van der Waals surface area contributed by atoms with Gasteiger partial charge in [-0.2, -0.15) is 0 Å². The van der Waals surface area contributed by atoms with Gasteiger partial charge in [0.25, 0.3) is 5.56 Å². The Hall–Kier alpha value is -3.83. The minimum Gasteiger partial charge on any atom is -0.454 e. The molecule has 0 aliphatic carbocycles. The second kappa shape index (κ2) is 8.75. The Labute approximate surface area is 198 Å². The average molecular weight is 478 g/mol. The van der Waals surface area contributed by atoms with E-state index in [1.807, 2.05) is 12.1 Å². The zero-order chi connectivity index (χ0) is 23.9. The molecule has 4 aromatic rings. The first kappa shape index (κ1) is 21.7. The number of nitrogens with one attached hydrogen (secondary N) is 1. The SMILES string of the molecule is O=c1[nH]c2cc3c(cc2cc1[C@@H](c1nnnn1Cc1ccc(F)cc1)N1CCC(O)CC1)OCO3. The van der Waals surface area contributed by atoms with E-state index < -0.39 is 6.04 Å². The highest BCUT2D eigenvalue weighted by Crippen LogP contribution is 2.36. The molecule has 1 atom stereocenters. The minimum atomic E-state index is -0.545. The average Bonchev–Trinajstić information content (AvgIpc) is 3.50. The lowest BCUT2D eigenvalue weighted by atomic mass is 9.99. The highest BCUT2D eigenvalue weighted by atomic mass is 19.1. The lowest BCUT2D eigenvalue weighted by molar-refractivity contribution is 0.0659. The molecule has 10 nitrogen and oxygen atoms in total. The van der Waals surface area contributed by atoms with Crippen LogP contribution in [-0.4, -0.2) is 61.2 Å². The third-order valence-electron chi connectivity index (χ3n) is 6.57. The van der Waals surface area contributed by atoms with Crippen molar-refractivity contribution in [2.45, 2.75) is 31.5 Å². The molecule has 180 valence electrons. The van der Waals surface area contributed by atoms with Gasteiger partial charge in [0, 0.05) is 30.1 Å². The first-order valence-corrected chi connectivity index (χ1v) is 11.4. The second-order valence-electron chi connectivity index (χ2n) is 8.84. The van der Waals surface area contributed by atoms with Crippen LogP contribution < -0.4 is 15.0 Å². The van der Waals surface area contributed by atoms with Crippen molar-refractivity contribution in [1.29, 1.82) is 0 Å². The van der Waals surface area contributed by atoms with Gasteiger partial charge in [-0.15, -0.1) is 5.10 Å². The van der Waals surface area contributed by atoms with Crippen LogP contribution in [0.3, 0.4) is 0 Å². The number of H-pyrrole nitrogens is 1. The maximum Gasteiger partial charge on any atom is 0.253 e. The van der Waals surface area contributed by atoms with Crippen LogP contribution in [0.5, 0.6) is 11.5 Å². The number of nitrogens with zero attached hydrogens (tertiary/aromatic N) is 5. The summed E-state index contributed by atoms with van der Waals surface area (Å²) in [5, 5.41) is 23.2. The van der Waals surface area contributed by atoms with Crippen molar-refractivity contribution in [3.63, 3.8) is 0 Å². The van der Waals surface area contributed by atoms with Crippen LogP contribution in [0.4, 0.5) is 4.39 Å². The van der Waals surface area contributed by atoms with Crippen molar-refractivity contribution in [1.82, 2.24) is 30.1 Å². The Morgan fingerprint density at radius 3 is 2.63 bits per heavy atom. The van der Waals surface area contributed by atoms with Gasteiger partial charge in [0.1, 0.15) is 11.9 Å². The molecule has 4 heterocycles. The van der Waals surface area contributed by atoms with Crippen LogP contribution in [0.1, 0.15) is 35.8 Å². The Morgan fingerprint density at radius 1 is 1.11 bits per heavy atom. The molecule has 6 rings (SSSR count). The van der Waals surface area contributed by atoms with Crippen molar-refractivity contribution < 1.29 is 19.0 Å². The van der Waals surface area contributed by atoms with E-state index in [0.29, 0.717) is 60.9 Å². The summed E-state index contributed by atoms with van der Waals surface area (Å²) in [5.74, 6) is 1.38. The fraction of sp³-hybridized carbons (Fsp3) is 0.333. The second-order valence-corrected chi connectivity index (χ2v) is 8.84. The highest BCUT2D eigenvalue weighted by Gasteiger charge is 2.33. The van der Waals surface area contributed by atoms with Crippen LogP contribution >= 0.6 is 0 Å². The standard InChI is InChI=1S/C24H23FN6O4/c25-16-3-1-14(2-4-16)12-31-23(27-28-29-31)22(30-7-5-17(32)6-8-30)18-9-15-10-20-21(35-13-34-20)11-19(15)26-24(18)33/h1-4,9-11,17,22,32H,5-8,12-13H2,(H,26,33)/t22-/m0/s1. The van der Waals surface area contributed by atoms with Crippen LogP contribution in [-0.2, 0) is 6.54 Å². The van der Waals surface area contributed by atoms with Gasteiger partial charge in [0.2, 0.25) is 6.79 Å². The monoisotopic (exact) mass is 478 g/mol. The molecule has 2 aliphatic rings. The largest absolute Gasteiger partial charge is 0.454 e. The van der Waals surface area contributed by atoms with Crippen LogP contribution in [0.2, 0.25) is 0 Å². The van der Waals surface area contributed by atoms with Crippen molar-refractivity contribution >= 4 is 10.9 Å². The molecule has 2 aliphatic heterocycles. The molecule has 2 aromatic heterocycles. The van der Waals surface area contributed by atoms with E-state index in [9.17, 15) is 14.3 Å². The molecule has 0 bridgehead atoms. The van der Waals surface area contributed by atoms with E-state index in [0.717, 1.165) is 10.9 Å². The lowest BCUT2D eigenvalue weighted by Crippen LogP contribution is -2.41. The summed E-state index contributed by atoms with van der Waals surface area (Å²) in [6.07, 6.45) is 0.789. The topological polar surface area (TPSA) is 118 Å². The summed E-state index contributed by atoms with van der Waals surface area (Å²) in [5.41, 5.74) is 1.70. The molecule has 2 aromatic carbocycles. The van der Waals surface area contributed by atoms with Gasteiger partial charge in [-0.3, -0.25) is 9.69 Å². The minimum absolute atomic E-state index is 0.139. The number of hydrogen-bond donors (Lipinski definition) is 2. The van der Waals surface area contributed by atoms with Gasteiger partial charge < -0.3 is 19.6 Å². The molecule has 2 N–H and O–H groups in total. The zero-order valence-electron chi connectivity index (χ0n) is 18.7. The summed E-state index contributed by atoms with van der Waals surface area (Å²) in [7, 11) is 0. The van der Waals surface area contributed by atoms with Crippen molar-refractivity contribution in [2.24, 2.45) is 0 Å². The van der Waals surface area contributed by atoms with E-state index in [1.54, 1.807) is 22.9 Å². The van der Waals surface area contributed by atoms with Gasteiger partial charge in [0.05, 0.1) is 18.2 Å². The van der Waals surface area contributed by atoms with E-state index in [1.165, 1.54) is 12.1 Å². The molecule has 0 amide bonds. The van der Waals surface area contributed by atoms with E-state index >= 15 is 0 Å². The number of tetrazole rings is 1. The Kier molecular flexibility index (Phi) is 5.42. The molecular formula is C24H23FN6O4. The van der Waals surface area contributed by atoms with E-state index in [4.69, 9.17) is 9.47 Å². The lowest BCUT2D eigenvalue weighted by Gasteiger charge is -2.35. The fourth-order valence-electron chi connectivity index (χ4n) is 4.74. The van der Waals surface area contributed by atoms with Crippen LogP contribution in [0.15, 0.2) is 47.3 Å². The molecule has 1 fully saturated rings. The fourth-order valence-corrected chi connectivity index (χ4v) is 4.74. The van der Waals surface area contributed by atoms with Crippen LogP contribution in [0.25, 0.3) is 10.9 Å². The molecular weight excluding hydrogens is 455 g/mol. The maximum absolute atomic E-state index is 13.4. The molecule has 11 heteroatoms. The number of hydrogen-bond acceptors (Lipinski definition) is 8. The number of pyridine rings is 1. The number of aromatic amines is 1. The summed E-state index contributed by atoms with van der Waals surface area (Å²) >= 11 is 0. The predicted molar refractivity (Wildman–Crippen MR) is 123 cm³/mol. The van der Waals surface area contributed by atoms with E-state index in [2.05, 4.69) is 25.4 Å². The van der Waals surface area contributed by atoms with Crippen LogP contribution in [0, 0.1) is 5.82 Å². The number of aliphatic hydroxyl groups is 1. The number of likely N-dealkylation sites (tertiary alicyclic amines) is 1.